The van der Waals surface area contributed by atoms with Crippen LogP contribution in [0.3, 0.4) is 0 Å². The molecule has 4 aromatic rings. The van der Waals surface area contributed by atoms with Crippen LogP contribution in [0.25, 0.3) is 23.2 Å². The number of thioether (sulfide) groups is 1. The van der Waals surface area contributed by atoms with Gasteiger partial charge in [-0.05, 0) is 54.6 Å². The lowest BCUT2D eigenvalue weighted by Crippen LogP contribution is -2.19. The van der Waals surface area contributed by atoms with Gasteiger partial charge in [-0.3, -0.25) is 9.36 Å². The molecule has 1 aromatic heterocycles. The zero-order chi connectivity index (χ0) is 24.5. The minimum Gasteiger partial charge on any atom is -0.496 e. The van der Waals surface area contributed by atoms with Crippen LogP contribution in [0, 0.1) is 0 Å². The Balaban J connectivity index is 1.42. The second-order valence-corrected chi connectivity index (χ2v) is 8.57. The van der Waals surface area contributed by atoms with Crippen molar-refractivity contribution in [3.05, 3.63) is 95.5 Å². The van der Waals surface area contributed by atoms with Crippen molar-refractivity contribution in [1.29, 1.82) is 0 Å². The number of nitrogens with one attached hydrogen (secondary N) is 1. The number of hydrogen-bond donors (Lipinski definition) is 1. The van der Waals surface area contributed by atoms with Crippen molar-refractivity contribution < 1.29 is 9.53 Å². The lowest BCUT2D eigenvalue weighted by Gasteiger charge is -2.10. The molecule has 0 bridgehead atoms. The average Bonchev–Trinajstić information content (AvgIpc) is 3.32. The maximum absolute atomic E-state index is 12.4. The fourth-order valence-electron chi connectivity index (χ4n) is 3.22. The largest absolute Gasteiger partial charge is 0.496 e. The first-order chi connectivity index (χ1) is 17.2. The Morgan fingerprint density at radius 1 is 1.06 bits per heavy atom. The molecule has 0 atom stereocenters. The predicted octanol–water partition coefficient (Wildman–Crippen LogP) is 5.50. The topological polar surface area (TPSA) is 81.4 Å². The van der Waals surface area contributed by atoms with Gasteiger partial charge < -0.3 is 4.74 Å². The van der Waals surface area contributed by atoms with Gasteiger partial charge in [0.25, 0.3) is 5.91 Å². The van der Waals surface area contributed by atoms with Crippen LogP contribution in [0.5, 0.6) is 5.75 Å². The number of nitrogens with zero attached hydrogens (tertiary/aromatic N) is 4. The number of amides is 1. The van der Waals surface area contributed by atoms with Crippen LogP contribution < -0.4 is 10.2 Å². The molecule has 1 N–H and O–H groups in total. The number of methoxy groups -OCH3 is 1. The Kier molecular flexibility index (Phi) is 8.32. The van der Waals surface area contributed by atoms with Crippen molar-refractivity contribution >= 4 is 41.6 Å². The molecule has 0 saturated carbocycles. The van der Waals surface area contributed by atoms with Crippen molar-refractivity contribution in [2.75, 3.05) is 12.9 Å². The molecule has 0 aliphatic rings. The number of hydrazone groups is 1. The Morgan fingerprint density at radius 3 is 2.57 bits per heavy atom. The molecular formula is C26H22ClN5O2S. The number of hydrogen-bond acceptors (Lipinski definition) is 6. The van der Waals surface area contributed by atoms with E-state index in [9.17, 15) is 4.79 Å². The lowest BCUT2D eigenvalue weighted by atomic mass is 10.2. The highest BCUT2D eigenvalue weighted by Crippen LogP contribution is 2.28. The Hall–Kier alpha value is -3.88. The molecule has 35 heavy (non-hydrogen) atoms. The summed E-state index contributed by atoms with van der Waals surface area (Å²) in [5, 5.41) is 13.9. The van der Waals surface area contributed by atoms with Crippen molar-refractivity contribution in [3.63, 3.8) is 0 Å². The van der Waals surface area contributed by atoms with E-state index in [1.165, 1.54) is 18.0 Å². The van der Waals surface area contributed by atoms with Gasteiger partial charge >= 0.3 is 0 Å². The first kappa shape index (κ1) is 24.3. The number of aromatic nitrogens is 3. The van der Waals surface area contributed by atoms with E-state index in [1.807, 2.05) is 89.5 Å². The predicted molar refractivity (Wildman–Crippen MR) is 141 cm³/mol. The van der Waals surface area contributed by atoms with Crippen LogP contribution in [0.4, 0.5) is 0 Å². The smallest absolute Gasteiger partial charge is 0.250 e. The summed E-state index contributed by atoms with van der Waals surface area (Å²) in [5.74, 6) is 1.29. The van der Waals surface area contributed by atoms with Crippen molar-refractivity contribution in [2.24, 2.45) is 5.10 Å². The number of para-hydroxylation sites is 2. The highest BCUT2D eigenvalue weighted by molar-refractivity contribution is 7.99. The quantitative estimate of drug-likeness (QED) is 0.185. The van der Waals surface area contributed by atoms with E-state index in [0.717, 1.165) is 22.6 Å². The summed E-state index contributed by atoms with van der Waals surface area (Å²) in [7, 11) is 1.62. The second kappa shape index (κ2) is 12.0. The van der Waals surface area contributed by atoms with E-state index in [4.69, 9.17) is 16.3 Å². The number of benzene rings is 3. The maximum atomic E-state index is 12.4. The monoisotopic (exact) mass is 503 g/mol. The minimum absolute atomic E-state index is 0.124. The molecule has 0 radical (unpaired) electrons. The number of halogens is 1. The molecule has 0 unspecified atom stereocenters. The van der Waals surface area contributed by atoms with Gasteiger partial charge in [0.05, 0.1) is 12.9 Å². The molecule has 0 saturated heterocycles. The molecule has 3 aromatic carbocycles. The molecule has 176 valence electrons. The summed E-state index contributed by atoms with van der Waals surface area (Å²) >= 11 is 7.32. The van der Waals surface area contributed by atoms with Crippen LogP contribution in [0.2, 0.25) is 5.02 Å². The van der Waals surface area contributed by atoms with Gasteiger partial charge in [0.15, 0.2) is 11.0 Å². The first-order valence-corrected chi connectivity index (χ1v) is 12.0. The average molecular weight is 504 g/mol. The molecule has 7 nitrogen and oxygen atoms in total. The van der Waals surface area contributed by atoms with E-state index >= 15 is 0 Å². The number of ether oxygens (including phenoxy) is 1. The lowest BCUT2D eigenvalue weighted by molar-refractivity contribution is -0.118. The van der Waals surface area contributed by atoms with Crippen LogP contribution in [-0.2, 0) is 4.79 Å². The van der Waals surface area contributed by atoms with E-state index in [1.54, 1.807) is 13.2 Å². The molecule has 0 aliphatic heterocycles. The van der Waals surface area contributed by atoms with E-state index in [-0.39, 0.29) is 11.7 Å². The third-order valence-corrected chi connectivity index (χ3v) is 6.03. The summed E-state index contributed by atoms with van der Waals surface area (Å²) in [6.07, 6.45) is 5.10. The Labute approximate surface area is 212 Å². The van der Waals surface area contributed by atoms with Gasteiger partial charge in [-0.2, -0.15) is 5.10 Å². The fourth-order valence-corrected chi connectivity index (χ4v) is 4.09. The van der Waals surface area contributed by atoms with Gasteiger partial charge in [-0.1, -0.05) is 59.8 Å². The summed E-state index contributed by atoms with van der Waals surface area (Å²) < 4.78 is 7.22. The highest BCUT2D eigenvalue weighted by atomic mass is 35.5. The maximum Gasteiger partial charge on any atom is 0.250 e. The van der Waals surface area contributed by atoms with Crippen molar-refractivity contribution in [3.8, 4) is 22.8 Å². The summed E-state index contributed by atoms with van der Waals surface area (Å²) in [6.45, 7) is 0. The van der Waals surface area contributed by atoms with Crippen LogP contribution in [0.15, 0.2) is 95.2 Å². The number of carbonyl (C=O) groups is 1. The molecule has 4 rings (SSSR count). The fraction of sp³-hybridized carbons (Fsp3) is 0.0769. The Bertz CT molecular complexity index is 1340. The van der Waals surface area contributed by atoms with E-state index < -0.39 is 0 Å². The SMILES string of the molecule is COc1ccccc1C=CC=NNC(=O)CSc1nnc(-c2ccc(Cl)cc2)n1-c1ccccc1. The number of allylic oxidation sites excluding steroid dienone is 1. The molecule has 9 heteroatoms. The Morgan fingerprint density at radius 2 is 1.80 bits per heavy atom. The zero-order valence-corrected chi connectivity index (χ0v) is 20.4. The standard InChI is InChI=1S/C26H22ClN5O2S/c1-34-23-12-6-5-8-19(23)9-7-17-28-29-24(33)18-35-26-31-30-25(20-13-15-21(27)16-14-20)32(26)22-10-3-2-4-11-22/h2-17H,18H2,1H3,(H,29,33). The van der Waals surface area contributed by atoms with Gasteiger partial charge in [0, 0.05) is 28.1 Å². The van der Waals surface area contributed by atoms with Crippen LogP contribution in [-0.4, -0.2) is 39.7 Å². The molecule has 0 fully saturated rings. The van der Waals surface area contributed by atoms with Crippen molar-refractivity contribution in [1.82, 2.24) is 20.2 Å². The number of carbonyl (C=O) groups excluding carboxylic acids is 1. The molecule has 0 aliphatic carbocycles. The zero-order valence-electron chi connectivity index (χ0n) is 18.8. The molecular weight excluding hydrogens is 482 g/mol. The highest BCUT2D eigenvalue weighted by Gasteiger charge is 2.17. The summed E-state index contributed by atoms with van der Waals surface area (Å²) in [4.78, 5) is 12.4. The van der Waals surface area contributed by atoms with Gasteiger partial charge in [-0.15, -0.1) is 10.2 Å². The summed E-state index contributed by atoms with van der Waals surface area (Å²) in [5.41, 5.74) is 5.21. The molecule has 1 amide bonds. The molecule has 0 spiro atoms. The van der Waals surface area contributed by atoms with Crippen LogP contribution >= 0.6 is 23.4 Å². The normalized spacial score (nSPS) is 11.3. The summed E-state index contributed by atoms with van der Waals surface area (Å²) in [6, 6.07) is 24.8. The van der Waals surface area contributed by atoms with E-state index in [0.29, 0.717) is 16.0 Å². The molecule has 1 heterocycles. The van der Waals surface area contributed by atoms with Crippen molar-refractivity contribution in [2.45, 2.75) is 5.16 Å². The van der Waals surface area contributed by atoms with Gasteiger partial charge in [0.1, 0.15) is 5.75 Å². The minimum atomic E-state index is -0.257. The van der Waals surface area contributed by atoms with Gasteiger partial charge in [0.2, 0.25) is 0 Å². The third kappa shape index (κ3) is 6.38. The second-order valence-electron chi connectivity index (χ2n) is 7.19. The van der Waals surface area contributed by atoms with E-state index in [2.05, 4.69) is 20.7 Å². The van der Waals surface area contributed by atoms with Gasteiger partial charge in [-0.25, -0.2) is 5.43 Å². The first-order valence-electron chi connectivity index (χ1n) is 10.7. The number of rotatable bonds is 9. The third-order valence-electron chi connectivity index (χ3n) is 4.85. The van der Waals surface area contributed by atoms with Crippen LogP contribution in [0.1, 0.15) is 5.56 Å².